The van der Waals surface area contributed by atoms with Crippen LogP contribution in [0.2, 0.25) is 0 Å². The number of methoxy groups -OCH3 is 1. The van der Waals surface area contributed by atoms with Gasteiger partial charge in [-0.3, -0.25) is 0 Å². The molecule has 0 spiro atoms. The third-order valence-corrected chi connectivity index (χ3v) is 3.55. The monoisotopic (exact) mass is 291 g/mol. The van der Waals surface area contributed by atoms with Crippen molar-refractivity contribution < 1.29 is 9.47 Å². The van der Waals surface area contributed by atoms with Crippen molar-refractivity contribution in [2.75, 3.05) is 19.5 Å². The Morgan fingerprint density at radius 2 is 1.95 bits per heavy atom. The van der Waals surface area contributed by atoms with Crippen molar-refractivity contribution in [1.29, 1.82) is 0 Å². The SMILES string of the molecule is CCCOc1ncnc(Sc2ccc(OC)cc2)c1N. The van der Waals surface area contributed by atoms with Gasteiger partial charge in [0.2, 0.25) is 5.88 Å². The van der Waals surface area contributed by atoms with Crippen LogP contribution in [0.5, 0.6) is 11.6 Å². The standard InChI is InChI=1S/C14H17N3O2S/c1-3-8-19-13-12(15)14(17-9-16-13)20-11-6-4-10(18-2)5-7-11/h4-7,9H,3,8,15H2,1-2H3. The molecule has 20 heavy (non-hydrogen) atoms. The van der Waals surface area contributed by atoms with Crippen LogP contribution in [-0.2, 0) is 0 Å². The lowest BCUT2D eigenvalue weighted by atomic mass is 10.3. The number of nitrogens with zero attached hydrogens (tertiary/aromatic N) is 2. The lowest BCUT2D eigenvalue weighted by molar-refractivity contribution is 0.305. The highest BCUT2D eigenvalue weighted by atomic mass is 32.2. The van der Waals surface area contributed by atoms with Gasteiger partial charge in [-0.05, 0) is 30.7 Å². The summed E-state index contributed by atoms with van der Waals surface area (Å²) in [6, 6.07) is 7.71. The van der Waals surface area contributed by atoms with Gasteiger partial charge >= 0.3 is 0 Å². The summed E-state index contributed by atoms with van der Waals surface area (Å²) in [6.45, 7) is 2.62. The van der Waals surface area contributed by atoms with Gasteiger partial charge in [0.05, 0.1) is 13.7 Å². The smallest absolute Gasteiger partial charge is 0.241 e. The maximum Gasteiger partial charge on any atom is 0.241 e. The minimum atomic E-state index is 0.442. The fraction of sp³-hybridized carbons (Fsp3) is 0.286. The molecule has 0 saturated carbocycles. The van der Waals surface area contributed by atoms with Crippen LogP contribution in [0.4, 0.5) is 5.69 Å². The zero-order valence-electron chi connectivity index (χ0n) is 11.5. The van der Waals surface area contributed by atoms with Gasteiger partial charge in [-0.25, -0.2) is 4.98 Å². The van der Waals surface area contributed by atoms with Gasteiger partial charge < -0.3 is 15.2 Å². The zero-order chi connectivity index (χ0) is 14.4. The molecule has 0 unspecified atom stereocenters. The molecular weight excluding hydrogens is 274 g/mol. The molecule has 0 amide bonds. The second-order valence-corrected chi connectivity index (χ2v) is 5.09. The number of ether oxygens (including phenoxy) is 2. The number of rotatable bonds is 6. The maximum atomic E-state index is 6.03. The maximum absolute atomic E-state index is 6.03. The van der Waals surface area contributed by atoms with Crippen LogP contribution >= 0.6 is 11.8 Å². The van der Waals surface area contributed by atoms with Gasteiger partial charge in [0.15, 0.2) is 0 Å². The molecule has 0 aliphatic heterocycles. The zero-order valence-corrected chi connectivity index (χ0v) is 12.3. The Morgan fingerprint density at radius 3 is 2.60 bits per heavy atom. The fourth-order valence-corrected chi connectivity index (χ4v) is 2.31. The van der Waals surface area contributed by atoms with Crippen LogP contribution in [0.25, 0.3) is 0 Å². The molecule has 2 rings (SSSR count). The lowest BCUT2D eigenvalue weighted by Gasteiger charge is -2.09. The van der Waals surface area contributed by atoms with Gasteiger partial charge in [-0.2, -0.15) is 4.98 Å². The van der Waals surface area contributed by atoms with E-state index in [-0.39, 0.29) is 0 Å². The molecule has 0 saturated heterocycles. The first kappa shape index (κ1) is 14.5. The molecule has 0 radical (unpaired) electrons. The summed E-state index contributed by atoms with van der Waals surface area (Å²) in [5.74, 6) is 1.26. The highest BCUT2D eigenvalue weighted by Crippen LogP contribution is 2.34. The van der Waals surface area contributed by atoms with Crippen LogP contribution in [0.15, 0.2) is 40.5 Å². The Balaban J connectivity index is 2.15. The first-order valence-electron chi connectivity index (χ1n) is 6.29. The average molecular weight is 291 g/mol. The Kier molecular flexibility index (Phi) is 5.06. The van der Waals surface area contributed by atoms with E-state index in [1.165, 1.54) is 18.1 Å². The van der Waals surface area contributed by atoms with Gasteiger partial charge in [-0.1, -0.05) is 18.7 Å². The summed E-state index contributed by atoms with van der Waals surface area (Å²) in [4.78, 5) is 9.28. The summed E-state index contributed by atoms with van der Waals surface area (Å²) >= 11 is 1.47. The summed E-state index contributed by atoms with van der Waals surface area (Å²) in [7, 11) is 1.64. The molecule has 1 aromatic heterocycles. The number of hydrogen-bond donors (Lipinski definition) is 1. The number of anilines is 1. The number of nitrogen functional groups attached to an aromatic ring is 1. The molecule has 0 aliphatic carbocycles. The van der Waals surface area contributed by atoms with Gasteiger partial charge in [-0.15, -0.1) is 0 Å². The number of aromatic nitrogens is 2. The van der Waals surface area contributed by atoms with E-state index in [9.17, 15) is 0 Å². The number of hydrogen-bond acceptors (Lipinski definition) is 6. The average Bonchev–Trinajstić information content (AvgIpc) is 2.49. The molecule has 2 aromatic rings. The second-order valence-electron chi connectivity index (χ2n) is 4.02. The largest absolute Gasteiger partial charge is 0.497 e. The Morgan fingerprint density at radius 1 is 1.20 bits per heavy atom. The van der Waals surface area contributed by atoms with Gasteiger partial charge in [0.25, 0.3) is 0 Å². The van der Waals surface area contributed by atoms with E-state index in [4.69, 9.17) is 15.2 Å². The van der Waals surface area contributed by atoms with Crippen molar-refractivity contribution >= 4 is 17.4 Å². The minimum absolute atomic E-state index is 0.442. The molecule has 0 atom stereocenters. The second kappa shape index (κ2) is 7.00. The van der Waals surface area contributed by atoms with Crippen LogP contribution in [0, 0.1) is 0 Å². The predicted molar refractivity (Wildman–Crippen MR) is 79.3 cm³/mol. The number of benzene rings is 1. The molecular formula is C14H17N3O2S. The van der Waals surface area contributed by atoms with Crippen molar-refractivity contribution in [2.45, 2.75) is 23.3 Å². The summed E-state index contributed by atoms with van der Waals surface area (Å²) in [5.41, 5.74) is 6.51. The van der Waals surface area contributed by atoms with Crippen LogP contribution in [0.3, 0.4) is 0 Å². The Labute approximate surface area is 122 Å². The summed E-state index contributed by atoms with van der Waals surface area (Å²) < 4.78 is 10.6. The summed E-state index contributed by atoms with van der Waals surface area (Å²) in [5, 5.41) is 0.691. The first-order chi connectivity index (χ1) is 9.74. The molecule has 0 aliphatic rings. The highest BCUT2D eigenvalue weighted by molar-refractivity contribution is 7.99. The van der Waals surface area contributed by atoms with E-state index in [1.807, 2.05) is 31.2 Å². The van der Waals surface area contributed by atoms with Crippen molar-refractivity contribution in [3.8, 4) is 11.6 Å². The normalized spacial score (nSPS) is 10.3. The van der Waals surface area contributed by atoms with Gasteiger partial charge in [0.1, 0.15) is 22.8 Å². The molecule has 1 aromatic carbocycles. The van der Waals surface area contributed by atoms with E-state index in [1.54, 1.807) is 7.11 Å². The molecule has 2 N–H and O–H groups in total. The third-order valence-electron chi connectivity index (χ3n) is 2.53. The van der Waals surface area contributed by atoms with E-state index < -0.39 is 0 Å². The Bertz CT molecular complexity index is 561. The Hall–Kier alpha value is -1.95. The van der Waals surface area contributed by atoms with E-state index >= 15 is 0 Å². The van der Waals surface area contributed by atoms with Gasteiger partial charge in [0, 0.05) is 4.90 Å². The van der Waals surface area contributed by atoms with Crippen molar-refractivity contribution in [2.24, 2.45) is 0 Å². The van der Waals surface area contributed by atoms with Crippen LogP contribution in [-0.4, -0.2) is 23.7 Å². The molecule has 5 nitrogen and oxygen atoms in total. The van der Waals surface area contributed by atoms with Crippen molar-refractivity contribution in [3.63, 3.8) is 0 Å². The minimum Gasteiger partial charge on any atom is -0.497 e. The van der Waals surface area contributed by atoms with Crippen molar-refractivity contribution in [3.05, 3.63) is 30.6 Å². The summed E-state index contributed by atoms with van der Waals surface area (Å²) in [6.07, 6.45) is 2.37. The number of nitrogens with two attached hydrogens (primary N) is 1. The first-order valence-corrected chi connectivity index (χ1v) is 7.11. The van der Waals surface area contributed by atoms with E-state index in [0.717, 1.165) is 17.1 Å². The topological polar surface area (TPSA) is 70.3 Å². The fourth-order valence-electron chi connectivity index (χ4n) is 1.51. The molecule has 1 heterocycles. The molecule has 106 valence electrons. The highest BCUT2D eigenvalue weighted by Gasteiger charge is 2.10. The molecule has 0 bridgehead atoms. The van der Waals surface area contributed by atoms with E-state index in [0.29, 0.717) is 23.2 Å². The quantitative estimate of drug-likeness (QED) is 0.825. The molecule has 6 heteroatoms. The lowest BCUT2D eigenvalue weighted by Crippen LogP contribution is -2.03. The molecule has 0 fully saturated rings. The van der Waals surface area contributed by atoms with E-state index in [2.05, 4.69) is 9.97 Å². The predicted octanol–water partition coefficient (Wildman–Crippen LogP) is 3.01. The van der Waals surface area contributed by atoms with Crippen LogP contribution in [0.1, 0.15) is 13.3 Å². The van der Waals surface area contributed by atoms with Crippen molar-refractivity contribution in [1.82, 2.24) is 9.97 Å². The van der Waals surface area contributed by atoms with Crippen LogP contribution < -0.4 is 15.2 Å². The third kappa shape index (κ3) is 3.54.